The Kier molecular flexibility index (Phi) is 2.25. The third kappa shape index (κ3) is 1.74. The van der Waals surface area contributed by atoms with Gasteiger partial charge in [0.25, 0.3) is 0 Å². The van der Waals surface area contributed by atoms with Gasteiger partial charge in [0, 0.05) is 25.3 Å². The van der Waals surface area contributed by atoms with Gasteiger partial charge in [-0.15, -0.1) is 0 Å². The van der Waals surface area contributed by atoms with Crippen LogP contribution in [0.3, 0.4) is 0 Å². The van der Waals surface area contributed by atoms with Crippen molar-refractivity contribution >= 4 is 11.2 Å². The Labute approximate surface area is 92.1 Å². The lowest BCUT2D eigenvalue weighted by Crippen LogP contribution is -2.26. The molecule has 1 aliphatic carbocycles. The summed E-state index contributed by atoms with van der Waals surface area (Å²) in [7, 11) is 0. The third-order valence-electron chi connectivity index (χ3n) is 2.77. The molecule has 0 saturated heterocycles. The Bertz CT molecular complexity index is 554. The van der Waals surface area contributed by atoms with Crippen molar-refractivity contribution in [1.29, 1.82) is 0 Å². The number of fused-ring (bicyclic) bond motifs is 1. The lowest BCUT2D eigenvalue weighted by atomic mass is 10.4. The van der Waals surface area contributed by atoms with Gasteiger partial charge in [-0.2, -0.15) is 0 Å². The highest BCUT2D eigenvalue weighted by molar-refractivity contribution is 5.67. The molecule has 0 amide bonds. The average Bonchev–Trinajstić information content (AvgIpc) is 3.04. The SMILES string of the molecule is O=c1oc2cccnc2n1CCNC1CC1. The highest BCUT2D eigenvalue weighted by Gasteiger charge is 2.20. The smallest absolute Gasteiger partial charge is 0.406 e. The monoisotopic (exact) mass is 219 g/mol. The Morgan fingerprint density at radius 2 is 2.44 bits per heavy atom. The number of aromatic nitrogens is 2. The topological polar surface area (TPSA) is 60.1 Å². The number of pyridine rings is 1. The fourth-order valence-electron chi connectivity index (χ4n) is 1.77. The maximum absolute atomic E-state index is 11.6. The number of rotatable bonds is 4. The van der Waals surface area contributed by atoms with Crippen LogP contribution in [-0.4, -0.2) is 22.1 Å². The Morgan fingerprint density at radius 3 is 3.25 bits per heavy atom. The molecule has 0 spiro atoms. The van der Waals surface area contributed by atoms with Gasteiger partial charge in [0.1, 0.15) is 0 Å². The fraction of sp³-hybridized carbons (Fsp3) is 0.455. The predicted molar refractivity (Wildman–Crippen MR) is 59.3 cm³/mol. The first-order chi connectivity index (χ1) is 7.84. The second-order valence-electron chi connectivity index (χ2n) is 4.07. The lowest BCUT2D eigenvalue weighted by Gasteiger charge is -2.02. The molecule has 16 heavy (non-hydrogen) atoms. The van der Waals surface area contributed by atoms with Crippen molar-refractivity contribution in [1.82, 2.24) is 14.9 Å². The van der Waals surface area contributed by atoms with Crippen LogP contribution in [0.2, 0.25) is 0 Å². The maximum atomic E-state index is 11.6. The van der Waals surface area contributed by atoms with E-state index in [1.54, 1.807) is 22.9 Å². The van der Waals surface area contributed by atoms with Crippen LogP contribution in [0.5, 0.6) is 0 Å². The highest BCUT2D eigenvalue weighted by atomic mass is 16.4. The molecule has 1 fully saturated rings. The first-order valence-corrected chi connectivity index (χ1v) is 5.52. The lowest BCUT2D eigenvalue weighted by molar-refractivity contribution is 0.493. The van der Waals surface area contributed by atoms with Gasteiger partial charge in [-0.3, -0.25) is 4.57 Å². The standard InChI is InChI=1S/C11H13N3O2/c15-11-14(7-6-12-8-3-4-8)10-9(16-11)2-1-5-13-10/h1-2,5,8,12H,3-4,6-7H2. The number of hydrogen-bond donors (Lipinski definition) is 1. The molecule has 5 heteroatoms. The number of nitrogens with zero attached hydrogens (tertiary/aromatic N) is 2. The van der Waals surface area contributed by atoms with E-state index in [0.717, 1.165) is 6.54 Å². The zero-order valence-electron chi connectivity index (χ0n) is 8.85. The highest BCUT2D eigenvalue weighted by Crippen LogP contribution is 2.18. The summed E-state index contributed by atoms with van der Waals surface area (Å²) in [6, 6.07) is 4.17. The van der Waals surface area contributed by atoms with Crippen LogP contribution in [0, 0.1) is 0 Å². The van der Waals surface area contributed by atoms with E-state index >= 15 is 0 Å². The molecule has 2 heterocycles. The van der Waals surface area contributed by atoms with Crippen molar-refractivity contribution in [3.63, 3.8) is 0 Å². The maximum Gasteiger partial charge on any atom is 0.421 e. The van der Waals surface area contributed by atoms with Gasteiger partial charge in [-0.1, -0.05) is 0 Å². The van der Waals surface area contributed by atoms with Crippen molar-refractivity contribution in [3.05, 3.63) is 28.9 Å². The number of nitrogens with one attached hydrogen (secondary N) is 1. The summed E-state index contributed by atoms with van der Waals surface area (Å²) in [5, 5.41) is 3.36. The van der Waals surface area contributed by atoms with Gasteiger partial charge in [-0.05, 0) is 25.0 Å². The van der Waals surface area contributed by atoms with Crippen LogP contribution in [0.25, 0.3) is 11.2 Å². The zero-order chi connectivity index (χ0) is 11.0. The van der Waals surface area contributed by atoms with E-state index < -0.39 is 0 Å². The fourth-order valence-corrected chi connectivity index (χ4v) is 1.77. The van der Waals surface area contributed by atoms with Gasteiger partial charge in [0.15, 0.2) is 11.2 Å². The van der Waals surface area contributed by atoms with E-state index in [1.165, 1.54) is 12.8 Å². The normalized spacial score (nSPS) is 15.8. The molecule has 0 aromatic carbocycles. The van der Waals surface area contributed by atoms with Crippen molar-refractivity contribution < 1.29 is 4.42 Å². The minimum absolute atomic E-state index is 0.328. The number of oxazole rings is 1. The van der Waals surface area contributed by atoms with Crippen molar-refractivity contribution in [2.24, 2.45) is 0 Å². The molecule has 0 aliphatic heterocycles. The minimum atomic E-state index is -0.328. The van der Waals surface area contributed by atoms with E-state index in [2.05, 4.69) is 10.3 Å². The summed E-state index contributed by atoms with van der Waals surface area (Å²) in [5.41, 5.74) is 1.18. The molecule has 0 bridgehead atoms. The molecule has 84 valence electrons. The van der Waals surface area contributed by atoms with Gasteiger partial charge in [0.2, 0.25) is 0 Å². The van der Waals surface area contributed by atoms with Gasteiger partial charge in [0.05, 0.1) is 0 Å². The van der Waals surface area contributed by atoms with Crippen LogP contribution < -0.4 is 11.1 Å². The van der Waals surface area contributed by atoms with Gasteiger partial charge < -0.3 is 9.73 Å². The quantitative estimate of drug-likeness (QED) is 0.824. The van der Waals surface area contributed by atoms with E-state index in [1.807, 2.05) is 0 Å². The molecule has 0 atom stereocenters. The molecule has 5 nitrogen and oxygen atoms in total. The predicted octanol–water partition coefficient (Wildman–Crippen LogP) is 0.742. The van der Waals surface area contributed by atoms with E-state index in [-0.39, 0.29) is 5.76 Å². The first-order valence-electron chi connectivity index (χ1n) is 5.52. The van der Waals surface area contributed by atoms with Crippen LogP contribution in [0.4, 0.5) is 0 Å². The Hall–Kier alpha value is -1.62. The Balaban J connectivity index is 1.83. The molecule has 2 aromatic rings. The molecular formula is C11H13N3O2. The number of hydrogen-bond acceptors (Lipinski definition) is 4. The molecule has 1 saturated carbocycles. The third-order valence-corrected chi connectivity index (χ3v) is 2.77. The summed E-state index contributed by atoms with van der Waals surface area (Å²) >= 11 is 0. The van der Waals surface area contributed by atoms with Crippen LogP contribution >= 0.6 is 0 Å². The van der Waals surface area contributed by atoms with Crippen LogP contribution in [0.1, 0.15) is 12.8 Å². The molecule has 1 aliphatic rings. The molecular weight excluding hydrogens is 206 g/mol. The minimum Gasteiger partial charge on any atom is -0.406 e. The van der Waals surface area contributed by atoms with Crippen LogP contribution in [0.15, 0.2) is 27.5 Å². The summed E-state index contributed by atoms with van der Waals surface area (Å²) in [4.78, 5) is 15.7. The Morgan fingerprint density at radius 1 is 1.56 bits per heavy atom. The van der Waals surface area contributed by atoms with Crippen molar-refractivity contribution in [3.8, 4) is 0 Å². The molecule has 0 unspecified atom stereocenters. The summed E-state index contributed by atoms with van der Waals surface area (Å²) < 4.78 is 6.66. The van der Waals surface area contributed by atoms with Gasteiger partial charge >= 0.3 is 5.76 Å². The second-order valence-corrected chi connectivity index (χ2v) is 4.07. The zero-order valence-corrected chi connectivity index (χ0v) is 8.85. The average molecular weight is 219 g/mol. The largest absolute Gasteiger partial charge is 0.421 e. The van der Waals surface area contributed by atoms with Gasteiger partial charge in [-0.25, -0.2) is 9.78 Å². The second kappa shape index (κ2) is 3.75. The first kappa shape index (κ1) is 9.59. The van der Waals surface area contributed by atoms with Crippen molar-refractivity contribution in [2.75, 3.05) is 6.54 Å². The summed E-state index contributed by atoms with van der Waals surface area (Å²) in [5.74, 6) is -0.328. The van der Waals surface area contributed by atoms with E-state index in [4.69, 9.17) is 4.42 Å². The molecule has 1 N–H and O–H groups in total. The molecule has 3 rings (SSSR count). The van der Waals surface area contributed by atoms with Crippen LogP contribution in [-0.2, 0) is 6.54 Å². The van der Waals surface area contributed by atoms with Crippen molar-refractivity contribution in [2.45, 2.75) is 25.4 Å². The van der Waals surface area contributed by atoms with E-state index in [0.29, 0.717) is 23.8 Å². The summed E-state index contributed by atoms with van der Waals surface area (Å²) in [6.45, 7) is 1.40. The van der Waals surface area contributed by atoms with E-state index in [9.17, 15) is 4.79 Å². The molecule has 0 radical (unpaired) electrons. The molecule has 2 aromatic heterocycles. The summed E-state index contributed by atoms with van der Waals surface area (Å²) in [6.07, 6.45) is 4.17.